The number of thiophene rings is 1. The highest BCUT2D eigenvalue weighted by Crippen LogP contribution is 2.44. The Morgan fingerprint density at radius 1 is 1.13 bits per heavy atom. The molecule has 200 valence electrons. The molecule has 2 fully saturated rings. The maximum absolute atomic E-state index is 14.9. The Hall–Kier alpha value is -3.17. The Morgan fingerprint density at radius 3 is 2.53 bits per heavy atom. The molecular formula is C29H34FN5O2S. The highest BCUT2D eigenvalue weighted by Gasteiger charge is 2.42. The lowest BCUT2D eigenvalue weighted by molar-refractivity contribution is -0.132. The topological polar surface area (TPSA) is 101 Å². The van der Waals surface area contributed by atoms with E-state index < -0.39 is 5.54 Å². The minimum Gasteiger partial charge on any atom is -0.343 e. The van der Waals surface area contributed by atoms with Crippen LogP contribution < -0.4 is 11.1 Å². The summed E-state index contributed by atoms with van der Waals surface area (Å²) < 4.78 is 14.9. The molecule has 0 aliphatic heterocycles. The number of anilines is 1. The lowest BCUT2D eigenvalue weighted by atomic mass is 9.83. The summed E-state index contributed by atoms with van der Waals surface area (Å²) in [6.07, 6.45) is 6.15. The first kappa shape index (κ1) is 26.4. The smallest absolute Gasteiger partial charge is 0.225 e. The summed E-state index contributed by atoms with van der Waals surface area (Å²) >= 11 is 1.55. The molecule has 3 aromatic rings. The molecule has 0 bridgehead atoms. The van der Waals surface area contributed by atoms with E-state index in [-0.39, 0.29) is 29.6 Å². The fourth-order valence-corrected chi connectivity index (χ4v) is 6.08. The lowest BCUT2D eigenvalue weighted by Crippen LogP contribution is -2.39. The van der Waals surface area contributed by atoms with Gasteiger partial charge in [-0.3, -0.25) is 9.59 Å². The molecular weight excluding hydrogens is 501 g/mol. The van der Waals surface area contributed by atoms with Gasteiger partial charge < -0.3 is 16.0 Å². The summed E-state index contributed by atoms with van der Waals surface area (Å²) in [7, 11) is 1.88. The number of nitrogens with two attached hydrogens (primary N) is 1. The third-order valence-corrected chi connectivity index (χ3v) is 8.68. The minimum absolute atomic E-state index is 0.0992. The molecule has 0 spiro atoms. The van der Waals surface area contributed by atoms with Crippen LogP contribution in [-0.4, -0.2) is 40.0 Å². The number of amides is 2. The van der Waals surface area contributed by atoms with Crippen molar-refractivity contribution >= 4 is 29.0 Å². The van der Waals surface area contributed by atoms with Gasteiger partial charge in [0.1, 0.15) is 11.5 Å². The molecule has 5 rings (SSSR count). The molecule has 1 aromatic carbocycles. The van der Waals surface area contributed by atoms with Crippen molar-refractivity contribution in [3.05, 3.63) is 52.5 Å². The van der Waals surface area contributed by atoms with Crippen molar-refractivity contribution in [2.75, 3.05) is 12.4 Å². The summed E-state index contributed by atoms with van der Waals surface area (Å²) in [4.78, 5) is 26.7. The van der Waals surface area contributed by atoms with Crippen molar-refractivity contribution in [2.24, 2.45) is 11.7 Å². The largest absolute Gasteiger partial charge is 0.343 e. The highest BCUT2D eigenvalue weighted by molar-refractivity contribution is 7.08. The van der Waals surface area contributed by atoms with E-state index in [9.17, 15) is 14.0 Å². The van der Waals surface area contributed by atoms with Crippen LogP contribution in [0.5, 0.6) is 0 Å². The molecule has 2 amide bonds. The number of nitrogens with zero attached hydrogens (tertiary/aromatic N) is 3. The summed E-state index contributed by atoms with van der Waals surface area (Å²) in [6, 6.07) is 9.10. The number of halogens is 1. The highest BCUT2D eigenvalue weighted by atomic mass is 32.1. The number of hydrogen-bond acceptors (Lipinski definition) is 6. The first-order chi connectivity index (χ1) is 18.3. The van der Waals surface area contributed by atoms with E-state index in [1.54, 1.807) is 17.4 Å². The van der Waals surface area contributed by atoms with Gasteiger partial charge >= 0.3 is 0 Å². The van der Waals surface area contributed by atoms with E-state index in [0.717, 1.165) is 49.7 Å². The molecule has 0 atom stereocenters. The maximum Gasteiger partial charge on any atom is 0.225 e. The standard InChI is InChI=1S/C29H34FN5O2S/c1-3-27(37)35(2)21-7-4-18(5-8-21)14-26(36)32-25-16-22(20-10-13-38-17-20)28(34-33-25)19-6-9-23(24(30)15-19)29(31)11-12-29/h6,9-10,13,15-18,21H,3-5,7-8,11-12,14,31H2,1-2H3,(H,32,33,36)/t18-,21-. The molecule has 0 radical (unpaired) electrons. The molecule has 9 heteroatoms. The van der Waals surface area contributed by atoms with Gasteiger partial charge in [-0.25, -0.2) is 4.39 Å². The van der Waals surface area contributed by atoms with E-state index in [4.69, 9.17) is 5.73 Å². The zero-order valence-electron chi connectivity index (χ0n) is 21.9. The number of carbonyl (C=O) groups is 2. The molecule has 3 N–H and O–H groups in total. The predicted molar refractivity (Wildman–Crippen MR) is 148 cm³/mol. The Balaban J connectivity index is 1.28. The van der Waals surface area contributed by atoms with Crippen LogP contribution in [-0.2, 0) is 15.1 Å². The van der Waals surface area contributed by atoms with Gasteiger partial charge in [0, 0.05) is 48.2 Å². The van der Waals surface area contributed by atoms with Crippen LogP contribution in [0.3, 0.4) is 0 Å². The molecule has 2 aliphatic rings. The van der Waals surface area contributed by atoms with Crippen LogP contribution in [0.15, 0.2) is 41.1 Å². The Morgan fingerprint density at radius 2 is 1.89 bits per heavy atom. The number of aromatic nitrogens is 2. The van der Waals surface area contributed by atoms with Crippen molar-refractivity contribution < 1.29 is 14.0 Å². The van der Waals surface area contributed by atoms with Gasteiger partial charge in [0.05, 0.1) is 0 Å². The third kappa shape index (κ3) is 5.63. The molecule has 2 aliphatic carbocycles. The van der Waals surface area contributed by atoms with Crippen molar-refractivity contribution in [3.63, 3.8) is 0 Å². The molecule has 38 heavy (non-hydrogen) atoms. The van der Waals surface area contributed by atoms with Gasteiger partial charge in [-0.15, -0.1) is 10.2 Å². The van der Waals surface area contributed by atoms with E-state index in [0.29, 0.717) is 35.5 Å². The quantitative estimate of drug-likeness (QED) is 0.385. The van der Waals surface area contributed by atoms with Crippen molar-refractivity contribution in [1.29, 1.82) is 0 Å². The zero-order chi connectivity index (χ0) is 26.9. The average Bonchev–Trinajstić information content (AvgIpc) is 3.42. The first-order valence-corrected chi connectivity index (χ1v) is 14.3. The Labute approximate surface area is 226 Å². The second-order valence-electron chi connectivity index (χ2n) is 10.6. The van der Waals surface area contributed by atoms with Gasteiger partial charge in [0.25, 0.3) is 0 Å². The lowest BCUT2D eigenvalue weighted by Gasteiger charge is -2.34. The van der Waals surface area contributed by atoms with Gasteiger partial charge in [-0.1, -0.05) is 19.1 Å². The number of rotatable bonds is 8. The second kappa shape index (κ2) is 10.9. The Kier molecular flexibility index (Phi) is 7.59. The molecule has 2 saturated carbocycles. The van der Waals surface area contributed by atoms with Crippen LogP contribution >= 0.6 is 11.3 Å². The average molecular weight is 536 g/mol. The van der Waals surface area contributed by atoms with Gasteiger partial charge in [-0.2, -0.15) is 11.3 Å². The normalized spacial score (nSPS) is 20.1. The third-order valence-electron chi connectivity index (χ3n) is 8.00. The predicted octanol–water partition coefficient (Wildman–Crippen LogP) is 5.71. The van der Waals surface area contributed by atoms with Crippen molar-refractivity contribution in [1.82, 2.24) is 15.1 Å². The van der Waals surface area contributed by atoms with Crippen molar-refractivity contribution in [3.8, 4) is 22.4 Å². The van der Waals surface area contributed by atoms with E-state index in [1.807, 2.05) is 47.8 Å². The Bertz CT molecular complexity index is 1320. The van der Waals surface area contributed by atoms with E-state index in [1.165, 1.54) is 6.07 Å². The molecule has 2 aromatic heterocycles. The SMILES string of the molecule is CCC(=O)N(C)[C@H]1CC[C@H](CC(=O)Nc2cc(-c3ccsc3)c(-c3ccc(C4(N)CC4)c(F)c3)nn2)CC1. The van der Waals surface area contributed by atoms with E-state index >= 15 is 0 Å². The number of nitrogens with one attached hydrogen (secondary N) is 1. The van der Waals surface area contributed by atoms with Crippen molar-refractivity contribution in [2.45, 2.75) is 69.9 Å². The number of benzene rings is 1. The maximum atomic E-state index is 14.9. The summed E-state index contributed by atoms with van der Waals surface area (Å²) in [6.45, 7) is 1.88. The fourth-order valence-electron chi connectivity index (χ4n) is 5.42. The van der Waals surface area contributed by atoms with Crippen LogP contribution in [0.2, 0.25) is 0 Å². The molecule has 2 heterocycles. The van der Waals surface area contributed by atoms with E-state index in [2.05, 4.69) is 15.5 Å². The zero-order valence-corrected chi connectivity index (χ0v) is 22.7. The minimum atomic E-state index is -0.555. The van der Waals surface area contributed by atoms with Gasteiger partial charge in [-0.05, 0) is 79.0 Å². The van der Waals surface area contributed by atoms with Gasteiger partial charge in [0.2, 0.25) is 11.8 Å². The summed E-state index contributed by atoms with van der Waals surface area (Å²) in [5.74, 6) is 0.381. The monoisotopic (exact) mass is 535 g/mol. The number of carbonyl (C=O) groups excluding carboxylic acids is 2. The van der Waals surface area contributed by atoms with Crippen LogP contribution in [0, 0.1) is 11.7 Å². The van der Waals surface area contributed by atoms with Crippen LogP contribution in [0.1, 0.15) is 63.9 Å². The van der Waals surface area contributed by atoms with Crippen LogP contribution in [0.25, 0.3) is 22.4 Å². The first-order valence-electron chi connectivity index (χ1n) is 13.3. The van der Waals surface area contributed by atoms with Crippen LogP contribution in [0.4, 0.5) is 10.2 Å². The fraction of sp³-hybridized carbons (Fsp3) is 0.448. The molecule has 0 saturated heterocycles. The summed E-state index contributed by atoms with van der Waals surface area (Å²) in [5, 5.41) is 15.6. The second-order valence-corrected chi connectivity index (χ2v) is 11.4. The molecule has 0 unspecified atom stereocenters. The number of hydrogen-bond donors (Lipinski definition) is 2. The van der Waals surface area contributed by atoms with Gasteiger partial charge in [0.15, 0.2) is 5.82 Å². The molecule has 7 nitrogen and oxygen atoms in total. The summed E-state index contributed by atoms with van der Waals surface area (Å²) in [5.41, 5.74) is 9.07.